The van der Waals surface area contributed by atoms with Gasteiger partial charge in [0.05, 0.1) is 5.56 Å². The van der Waals surface area contributed by atoms with Gasteiger partial charge in [0.15, 0.2) is 0 Å². The minimum Gasteiger partial charge on any atom is -0.311 e. The Morgan fingerprint density at radius 2 is 2.00 bits per heavy atom. The standard InChI is InChI=1S/C17H17BrN2O/c1-12-5-4-7-14(16(12)18)17(21)20-10-9-19-11-13-6-2-3-8-15(13)20/h2-8,19H,9-11H2,1H3. The van der Waals surface area contributed by atoms with Crippen LogP contribution in [-0.4, -0.2) is 19.0 Å². The van der Waals surface area contributed by atoms with Gasteiger partial charge in [0.1, 0.15) is 0 Å². The predicted molar refractivity (Wildman–Crippen MR) is 88.7 cm³/mol. The number of nitrogens with zero attached hydrogens (tertiary/aromatic N) is 1. The quantitative estimate of drug-likeness (QED) is 0.858. The molecule has 108 valence electrons. The van der Waals surface area contributed by atoms with Crippen molar-refractivity contribution in [3.05, 3.63) is 63.6 Å². The Morgan fingerprint density at radius 3 is 2.86 bits per heavy atom. The molecule has 1 amide bonds. The van der Waals surface area contributed by atoms with E-state index in [1.807, 2.05) is 48.2 Å². The highest BCUT2D eigenvalue weighted by molar-refractivity contribution is 9.10. The summed E-state index contributed by atoms with van der Waals surface area (Å²) >= 11 is 3.54. The maximum atomic E-state index is 13.0. The SMILES string of the molecule is Cc1cccc(C(=O)N2CCNCc3ccccc32)c1Br. The van der Waals surface area contributed by atoms with Gasteiger partial charge in [0.2, 0.25) is 0 Å². The lowest BCUT2D eigenvalue weighted by Crippen LogP contribution is -2.35. The third-order valence-corrected chi connectivity index (χ3v) is 4.83. The first kappa shape index (κ1) is 14.3. The molecule has 3 nitrogen and oxygen atoms in total. The molecule has 0 aromatic heterocycles. The van der Waals surface area contributed by atoms with E-state index in [0.29, 0.717) is 12.1 Å². The molecule has 0 spiro atoms. The van der Waals surface area contributed by atoms with Crippen LogP contribution < -0.4 is 10.2 Å². The number of aryl methyl sites for hydroxylation is 1. The molecule has 2 aromatic carbocycles. The van der Waals surface area contributed by atoms with Crippen molar-refractivity contribution in [3.8, 4) is 0 Å². The summed E-state index contributed by atoms with van der Waals surface area (Å²) < 4.78 is 0.879. The fourth-order valence-corrected chi connectivity index (χ4v) is 3.06. The molecule has 0 aliphatic carbocycles. The lowest BCUT2D eigenvalue weighted by Gasteiger charge is -2.23. The van der Waals surface area contributed by atoms with Gasteiger partial charge >= 0.3 is 0 Å². The largest absolute Gasteiger partial charge is 0.311 e. The number of nitrogens with one attached hydrogen (secondary N) is 1. The topological polar surface area (TPSA) is 32.3 Å². The Labute approximate surface area is 133 Å². The zero-order valence-corrected chi connectivity index (χ0v) is 13.5. The van der Waals surface area contributed by atoms with Crippen molar-refractivity contribution >= 4 is 27.5 Å². The molecule has 0 saturated heterocycles. The molecular formula is C17H17BrN2O. The molecule has 1 N–H and O–H groups in total. The van der Waals surface area contributed by atoms with E-state index < -0.39 is 0 Å². The number of halogens is 1. The molecule has 0 unspecified atom stereocenters. The van der Waals surface area contributed by atoms with Crippen LogP contribution in [0.25, 0.3) is 0 Å². The third-order valence-electron chi connectivity index (χ3n) is 3.78. The van der Waals surface area contributed by atoms with Gasteiger partial charge in [-0.3, -0.25) is 4.79 Å². The summed E-state index contributed by atoms with van der Waals surface area (Å²) in [6.45, 7) is 4.27. The highest BCUT2D eigenvalue weighted by Crippen LogP contribution is 2.27. The van der Waals surface area contributed by atoms with E-state index in [0.717, 1.165) is 34.4 Å². The van der Waals surface area contributed by atoms with Crippen molar-refractivity contribution in [2.75, 3.05) is 18.0 Å². The van der Waals surface area contributed by atoms with E-state index in [-0.39, 0.29) is 5.91 Å². The number of rotatable bonds is 1. The van der Waals surface area contributed by atoms with E-state index in [4.69, 9.17) is 0 Å². The van der Waals surface area contributed by atoms with E-state index in [2.05, 4.69) is 27.3 Å². The van der Waals surface area contributed by atoms with Gasteiger partial charge < -0.3 is 10.2 Å². The van der Waals surface area contributed by atoms with Crippen molar-refractivity contribution in [1.82, 2.24) is 5.32 Å². The minimum atomic E-state index is 0.0433. The number of hydrogen-bond donors (Lipinski definition) is 1. The average molecular weight is 345 g/mol. The van der Waals surface area contributed by atoms with Crippen LogP contribution in [0.3, 0.4) is 0 Å². The second-order valence-corrected chi connectivity index (χ2v) is 5.99. The predicted octanol–water partition coefficient (Wildman–Crippen LogP) is 3.51. The lowest BCUT2D eigenvalue weighted by molar-refractivity contribution is 0.0986. The molecule has 1 heterocycles. The molecule has 3 rings (SSSR count). The maximum Gasteiger partial charge on any atom is 0.259 e. The summed E-state index contributed by atoms with van der Waals surface area (Å²) in [5.41, 5.74) is 3.95. The maximum absolute atomic E-state index is 13.0. The van der Waals surface area contributed by atoms with Crippen LogP contribution in [0.2, 0.25) is 0 Å². The molecular weight excluding hydrogens is 328 g/mol. The number of carbonyl (C=O) groups is 1. The summed E-state index contributed by atoms with van der Waals surface area (Å²) in [6.07, 6.45) is 0. The van der Waals surface area contributed by atoms with Crippen LogP contribution in [-0.2, 0) is 6.54 Å². The van der Waals surface area contributed by atoms with Gasteiger partial charge in [-0.15, -0.1) is 0 Å². The van der Waals surface area contributed by atoms with Gasteiger partial charge in [-0.2, -0.15) is 0 Å². The molecule has 2 aromatic rings. The first-order chi connectivity index (χ1) is 10.2. The fraction of sp³-hybridized carbons (Fsp3) is 0.235. The van der Waals surface area contributed by atoms with Gasteiger partial charge in [0, 0.05) is 29.8 Å². The van der Waals surface area contributed by atoms with Crippen molar-refractivity contribution in [2.24, 2.45) is 0 Å². The van der Waals surface area contributed by atoms with Crippen LogP contribution in [0.15, 0.2) is 46.9 Å². The molecule has 21 heavy (non-hydrogen) atoms. The van der Waals surface area contributed by atoms with Crippen molar-refractivity contribution < 1.29 is 4.79 Å². The van der Waals surface area contributed by atoms with E-state index in [1.165, 1.54) is 0 Å². The summed E-state index contributed by atoms with van der Waals surface area (Å²) in [5.74, 6) is 0.0433. The van der Waals surface area contributed by atoms with E-state index >= 15 is 0 Å². The van der Waals surface area contributed by atoms with E-state index in [1.54, 1.807) is 0 Å². The molecule has 0 fully saturated rings. The highest BCUT2D eigenvalue weighted by Gasteiger charge is 2.23. The molecule has 0 atom stereocenters. The van der Waals surface area contributed by atoms with Crippen LogP contribution >= 0.6 is 15.9 Å². The monoisotopic (exact) mass is 344 g/mol. The summed E-state index contributed by atoms with van der Waals surface area (Å²) in [5, 5.41) is 3.36. The number of fused-ring (bicyclic) bond motifs is 1. The molecule has 0 bridgehead atoms. The van der Waals surface area contributed by atoms with Gasteiger partial charge in [-0.05, 0) is 46.1 Å². The molecule has 0 saturated carbocycles. The minimum absolute atomic E-state index is 0.0433. The van der Waals surface area contributed by atoms with Crippen LogP contribution in [0.1, 0.15) is 21.5 Å². The van der Waals surface area contributed by atoms with Crippen LogP contribution in [0.5, 0.6) is 0 Å². The van der Waals surface area contributed by atoms with Gasteiger partial charge in [-0.1, -0.05) is 30.3 Å². The Bertz CT molecular complexity index is 684. The fourth-order valence-electron chi connectivity index (χ4n) is 2.63. The first-order valence-electron chi connectivity index (χ1n) is 7.04. The Hall–Kier alpha value is -1.65. The number of anilines is 1. The average Bonchev–Trinajstić information content (AvgIpc) is 2.72. The smallest absolute Gasteiger partial charge is 0.259 e. The molecule has 1 aliphatic heterocycles. The normalized spacial score (nSPS) is 14.5. The number of hydrogen-bond acceptors (Lipinski definition) is 2. The lowest BCUT2D eigenvalue weighted by atomic mass is 10.1. The Kier molecular flexibility index (Phi) is 4.08. The van der Waals surface area contributed by atoms with Crippen molar-refractivity contribution in [1.29, 1.82) is 0 Å². The zero-order valence-electron chi connectivity index (χ0n) is 11.9. The first-order valence-corrected chi connectivity index (χ1v) is 7.83. The Morgan fingerprint density at radius 1 is 1.19 bits per heavy atom. The summed E-state index contributed by atoms with van der Waals surface area (Å²) in [4.78, 5) is 14.8. The number of benzene rings is 2. The van der Waals surface area contributed by atoms with E-state index in [9.17, 15) is 4.79 Å². The van der Waals surface area contributed by atoms with Crippen LogP contribution in [0, 0.1) is 6.92 Å². The molecule has 1 aliphatic rings. The number of amides is 1. The summed E-state index contributed by atoms with van der Waals surface area (Å²) in [7, 11) is 0. The summed E-state index contributed by atoms with van der Waals surface area (Å²) in [6, 6.07) is 13.9. The van der Waals surface area contributed by atoms with Crippen LogP contribution in [0.4, 0.5) is 5.69 Å². The Balaban J connectivity index is 2.03. The number of para-hydroxylation sites is 1. The van der Waals surface area contributed by atoms with Gasteiger partial charge in [0.25, 0.3) is 5.91 Å². The second-order valence-electron chi connectivity index (χ2n) is 5.20. The number of carbonyl (C=O) groups excluding carboxylic acids is 1. The van der Waals surface area contributed by atoms with Crippen molar-refractivity contribution in [3.63, 3.8) is 0 Å². The second kappa shape index (κ2) is 6.00. The third kappa shape index (κ3) is 2.74. The van der Waals surface area contributed by atoms with Gasteiger partial charge in [-0.25, -0.2) is 0 Å². The molecule has 4 heteroatoms. The molecule has 0 radical (unpaired) electrons. The highest BCUT2D eigenvalue weighted by atomic mass is 79.9. The zero-order chi connectivity index (χ0) is 14.8. The van der Waals surface area contributed by atoms with Crippen molar-refractivity contribution in [2.45, 2.75) is 13.5 Å².